The molecule has 2 N–H and O–H groups in total. The summed E-state index contributed by atoms with van der Waals surface area (Å²) in [5.74, 6) is 2.53. The number of fused-ring (bicyclic) bond motifs is 7. The lowest BCUT2D eigenvalue weighted by atomic mass is 9.68. The smallest absolute Gasteiger partial charge is 0.255 e. The molecule has 0 saturated heterocycles. The van der Waals surface area contributed by atoms with E-state index in [1.165, 1.54) is 36.1 Å². The average molecular weight is 443 g/mol. The van der Waals surface area contributed by atoms with Gasteiger partial charge in [-0.05, 0) is 96.9 Å². The number of rotatable bonds is 3. The van der Waals surface area contributed by atoms with Crippen molar-refractivity contribution in [2.24, 2.45) is 17.8 Å². The van der Waals surface area contributed by atoms with Crippen molar-refractivity contribution in [1.29, 1.82) is 0 Å². The van der Waals surface area contributed by atoms with E-state index in [0.717, 1.165) is 23.1 Å². The van der Waals surface area contributed by atoms with Crippen LogP contribution >= 0.6 is 11.6 Å². The van der Waals surface area contributed by atoms with E-state index in [1.807, 2.05) is 31.2 Å². The molecule has 3 nitrogen and oxygen atoms in total. The molecule has 32 heavy (non-hydrogen) atoms. The van der Waals surface area contributed by atoms with Crippen LogP contribution in [0, 0.1) is 24.7 Å². The topological polar surface area (TPSA) is 41.1 Å². The number of carbonyl (C=O) groups excluding carboxylic acids is 1. The minimum Gasteiger partial charge on any atom is -0.378 e. The fourth-order valence-electron chi connectivity index (χ4n) is 6.49. The average Bonchev–Trinajstić information content (AvgIpc) is 3.44. The van der Waals surface area contributed by atoms with Gasteiger partial charge in [-0.3, -0.25) is 4.79 Å². The summed E-state index contributed by atoms with van der Waals surface area (Å²) in [4.78, 5) is 13.1. The van der Waals surface area contributed by atoms with Crippen LogP contribution < -0.4 is 10.6 Å². The Labute approximate surface area is 194 Å². The maximum atomic E-state index is 13.1. The standard InChI is InChI=1S/C28H27ClN2O/c1-16-7-11-21(15-23(16)29)30-28(32)20-10-12-24-22(14-20)25-18-8-9-19(13-18)26(25)27(31-24)17-5-3-2-4-6-17/h2-7,10-12,14-15,18-19,25-27,31H,8-9,13H2,1H3,(H,30,32)/t18-,19-,25-,26-,27+/m0/s1. The van der Waals surface area contributed by atoms with Crippen LogP contribution in [0.4, 0.5) is 11.4 Å². The number of benzene rings is 3. The molecule has 2 saturated carbocycles. The molecule has 2 fully saturated rings. The highest BCUT2D eigenvalue weighted by atomic mass is 35.5. The summed E-state index contributed by atoms with van der Waals surface area (Å²) in [6, 6.07) is 23.0. The fraction of sp³-hybridized carbons (Fsp3) is 0.321. The first-order chi connectivity index (χ1) is 15.6. The van der Waals surface area contributed by atoms with Crippen molar-refractivity contribution in [3.63, 3.8) is 0 Å². The van der Waals surface area contributed by atoms with Gasteiger partial charge in [-0.15, -0.1) is 0 Å². The fourth-order valence-corrected chi connectivity index (χ4v) is 6.67. The van der Waals surface area contributed by atoms with Gasteiger partial charge in [0.25, 0.3) is 5.91 Å². The molecule has 0 radical (unpaired) electrons. The van der Waals surface area contributed by atoms with Crippen molar-refractivity contribution in [3.8, 4) is 0 Å². The highest BCUT2D eigenvalue weighted by molar-refractivity contribution is 6.31. The Bertz CT molecular complexity index is 1190. The van der Waals surface area contributed by atoms with Crippen LogP contribution in [0.3, 0.4) is 0 Å². The van der Waals surface area contributed by atoms with Gasteiger partial charge < -0.3 is 10.6 Å². The zero-order valence-electron chi connectivity index (χ0n) is 18.1. The molecule has 2 bridgehead atoms. The van der Waals surface area contributed by atoms with Crippen LogP contribution in [0.2, 0.25) is 5.02 Å². The van der Waals surface area contributed by atoms with Gasteiger partial charge in [0.1, 0.15) is 0 Å². The van der Waals surface area contributed by atoms with E-state index in [-0.39, 0.29) is 5.91 Å². The van der Waals surface area contributed by atoms with Gasteiger partial charge >= 0.3 is 0 Å². The number of hydrogen-bond donors (Lipinski definition) is 2. The van der Waals surface area contributed by atoms with Crippen molar-refractivity contribution < 1.29 is 4.79 Å². The molecule has 0 aromatic heterocycles. The first-order valence-corrected chi connectivity index (χ1v) is 12.0. The Kier molecular flexibility index (Phi) is 4.76. The summed E-state index contributed by atoms with van der Waals surface area (Å²) in [5.41, 5.74) is 6.32. The van der Waals surface area contributed by atoms with Crippen molar-refractivity contribution in [2.75, 3.05) is 10.6 Å². The Balaban J connectivity index is 1.34. The molecule has 1 aliphatic heterocycles. The monoisotopic (exact) mass is 442 g/mol. The minimum atomic E-state index is -0.0855. The molecule has 2 aliphatic carbocycles. The Hall–Kier alpha value is -2.78. The van der Waals surface area contributed by atoms with Crippen LogP contribution in [0.1, 0.15) is 58.3 Å². The third-order valence-corrected chi connectivity index (χ3v) is 8.34. The molecule has 5 atom stereocenters. The lowest BCUT2D eigenvalue weighted by Crippen LogP contribution is -2.35. The zero-order valence-corrected chi connectivity index (χ0v) is 18.9. The lowest BCUT2D eigenvalue weighted by Gasteiger charge is -2.43. The van der Waals surface area contributed by atoms with Gasteiger partial charge in [-0.25, -0.2) is 0 Å². The summed E-state index contributed by atoms with van der Waals surface area (Å²) in [6.07, 6.45) is 3.96. The van der Waals surface area contributed by atoms with Crippen LogP contribution in [-0.2, 0) is 0 Å². The van der Waals surface area contributed by atoms with Crippen molar-refractivity contribution >= 4 is 28.9 Å². The molecule has 3 aromatic rings. The molecule has 1 heterocycles. The van der Waals surface area contributed by atoms with Crippen LogP contribution in [0.25, 0.3) is 0 Å². The van der Waals surface area contributed by atoms with Gasteiger partial charge in [0.2, 0.25) is 0 Å². The van der Waals surface area contributed by atoms with Crippen LogP contribution in [0.5, 0.6) is 0 Å². The Morgan fingerprint density at radius 3 is 2.62 bits per heavy atom. The first-order valence-electron chi connectivity index (χ1n) is 11.6. The van der Waals surface area contributed by atoms with Crippen LogP contribution in [-0.4, -0.2) is 5.91 Å². The van der Waals surface area contributed by atoms with E-state index in [2.05, 4.69) is 53.1 Å². The summed E-state index contributed by atoms with van der Waals surface area (Å²) in [6.45, 7) is 1.96. The molecular formula is C28H27ClN2O. The molecule has 3 aliphatic rings. The predicted octanol–water partition coefficient (Wildman–Crippen LogP) is 7.20. The van der Waals surface area contributed by atoms with E-state index >= 15 is 0 Å². The number of nitrogens with one attached hydrogen (secondary N) is 2. The van der Waals surface area contributed by atoms with E-state index in [9.17, 15) is 4.79 Å². The van der Waals surface area contributed by atoms with Gasteiger partial charge in [0.15, 0.2) is 0 Å². The Morgan fingerprint density at radius 1 is 1.00 bits per heavy atom. The molecule has 162 valence electrons. The number of hydrogen-bond acceptors (Lipinski definition) is 2. The zero-order chi connectivity index (χ0) is 21.8. The SMILES string of the molecule is Cc1ccc(NC(=O)c2ccc3c(c2)[C@@H]2[C@H]4CC[C@@H](C4)[C@@H]2[C@@H](c2ccccc2)N3)cc1Cl. The second-order valence-corrected chi connectivity index (χ2v) is 10.1. The van der Waals surface area contributed by atoms with Crippen molar-refractivity contribution in [3.05, 3.63) is 94.0 Å². The van der Waals surface area contributed by atoms with Gasteiger partial charge in [0, 0.05) is 22.0 Å². The Morgan fingerprint density at radius 2 is 1.81 bits per heavy atom. The molecule has 6 rings (SSSR count). The minimum absolute atomic E-state index is 0.0855. The summed E-state index contributed by atoms with van der Waals surface area (Å²) in [7, 11) is 0. The van der Waals surface area contributed by atoms with E-state index in [0.29, 0.717) is 28.5 Å². The normalized spacial score (nSPS) is 27.4. The lowest BCUT2D eigenvalue weighted by molar-refractivity contribution is 0.102. The van der Waals surface area contributed by atoms with E-state index in [1.54, 1.807) is 0 Å². The number of halogens is 1. The second kappa shape index (κ2) is 7.67. The van der Waals surface area contributed by atoms with Crippen molar-refractivity contribution in [2.45, 2.75) is 38.1 Å². The second-order valence-electron chi connectivity index (χ2n) is 9.69. The molecular weight excluding hydrogens is 416 g/mol. The number of anilines is 2. The number of aryl methyl sites for hydroxylation is 1. The van der Waals surface area contributed by atoms with E-state index < -0.39 is 0 Å². The summed E-state index contributed by atoms with van der Waals surface area (Å²) >= 11 is 6.24. The highest BCUT2D eigenvalue weighted by Crippen LogP contribution is 2.63. The van der Waals surface area contributed by atoms with Gasteiger partial charge in [0.05, 0.1) is 6.04 Å². The maximum absolute atomic E-state index is 13.1. The quantitative estimate of drug-likeness (QED) is 0.450. The number of amides is 1. The van der Waals surface area contributed by atoms with E-state index in [4.69, 9.17) is 11.6 Å². The van der Waals surface area contributed by atoms with Crippen LogP contribution in [0.15, 0.2) is 66.7 Å². The molecule has 4 heteroatoms. The van der Waals surface area contributed by atoms with Gasteiger partial charge in [-0.2, -0.15) is 0 Å². The summed E-state index contributed by atoms with van der Waals surface area (Å²) in [5, 5.41) is 7.53. The third-order valence-electron chi connectivity index (χ3n) is 7.94. The number of carbonyl (C=O) groups is 1. The molecule has 1 amide bonds. The van der Waals surface area contributed by atoms with Gasteiger partial charge in [-0.1, -0.05) is 48.0 Å². The third kappa shape index (κ3) is 3.22. The maximum Gasteiger partial charge on any atom is 0.255 e. The first kappa shape index (κ1) is 19.9. The largest absolute Gasteiger partial charge is 0.378 e. The molecule has 3 aromatic carbocycles. The molecule has 0 spiro atoms. The summed E-state index contributed by atoms with van der Waals surface area (Å²) < 4.78 is 0. The highest BCUT2D eigenvalue weighted by Gasteiger charge is 2.53. The van der Waals surface area contributed by atoms with Crippen molar-refractivity contribution in [1.82, 2.24) is 0 Å². The molecule has 0 unspecified atom stereocenters. The predicted molar refractivity (Wildman–Crippen MR) is 130 cm³/mol.